The Hall–Kier alpha value is -5.16. The average Bonchev–Trinajstić information content (AvgIpc) is 3.00. The number of carbonyl (C=O) groups is 1. The Morgan fingerprint density at radius 2 is 1.85 bits per heavy atom. The van der Waals surface area contributed by atoms with Crippen molar-refractivity contribution in [3.05, 3.63) is 82.6 Å². The molecule has 11 nitrogen and oxygen atoms in total. The van der Waals surface area contributed by atoms with Gasteiger partial charge in [0.05, 0.1) is 36.8 Å². The molecule has 1 saturated heterocycles. The Morgan fingerprint density at radius 1 is 1.05 bits per heavy atom. The number of fused-ring (bicyclic) bond motifs is 2. The monoisotopic (exact) mass is 554 g/mol. The molecule has 0 radical (unpaired) electrons. The van der Waals surface area contributed by atoms with Crippen LogP contribution in [0.25, 0.3) is 33.3 Å². The van der Waals surface area contributed by atoms with Gasteiger partial charge in [-0.05, 0) is 48.0 Å². The summed E-state index contributed by atoms with van der Waals surface area (Å²) >= 11 is 0. The molecule has 0 aliphatic carbocycles. The molecule has 3 aromatic heterocycles. The van der Waals surface area contributed by atoms with Gasteiger partial charge < -0.3 is 28.6 Å². The number of pyridine rings is 2. The van der Waals surface area contributed by atoms with Gasteiger partial charge in [-0.1, -0.05) is 12.1 Å². The van der Waals surface area contributed by atoms with Gasteiger partial charge in [0, 0.05) is 36.7 Å². The van der Waals surface area contributed by atoms with Crippen LogP contribution in [0.5, 0.6) is 11.6 Å². The predicted molar refractivity (Wildman–Crippen MR) is 153 cm³/mol. The Balaban J connectivity index is 1.43. The fraction of sp³-hybridized carbons (Fsp3) is 0.200. The first-order valence-electron chi connectivity index (χ1n) is 12.9. The van der Waals surface area contributed by atoms with E-state index in [4.69, 9.17) is 28.7 Å². The van der Waals surface area contributed by atoms with E-state index in [1.54, 1.807) is 19.2 Å². The molecule has 2 N–H and O–H groups in total. The van der Waals surface area contributed by atoms with Crippen LogP contribution in [0.3, 0.4) is 0 Å². The largest absolute Gasteiger partial charge is 0.497 e. The van der Waals surface area contributed by atoms with Crippen LogP contribution in [-0.2, 0) is 11.3 Å². The summed E-state index contributed by atoms with van der Waals surface area (Å²) < 4.78 is 23.1. The van der Waals surface area contributed by atoms with Crippen molar-refractivity contribution in [2.45, 2.75) is 6.61 Å². The summed E-state index contributed by atoms with van der Waals surface area (Å²) in [4.78, 5) is 36.0. The zero-order valence-corrected chi connectivity index (χ0v) is 22.1. The van der Waals surface area contributed by atoms with Crippen LogP contribution in [0.2, 0.25) is 0 Å². The standard InChI is InChI=1S/C30H26N4O7/c1-38-21-5-2-18(3-6-21)17-40-26-16-20(34-10-12-39-13-11-34)15-24(33-26)27-29-22(8-9-31-27)28(35)23-14-19(32-30(36)37)4-7-25(23)41-29/h2-9,14-16,32H,10-13,17H2,1H3,(H,36,37). The summed E-state index contributed by atoms with van der Waals surface area (Å²) in [6.45, 7) is 2.91. The fourth-order valence-corrected chi connectivity index (χ4v) is 4.74. The highest BCUT2D eigenvalue weighted by Crippen LogP contribution is 2.32. The number of benzene rings is 2. The molecule has 2 aromatic carbocycles. The lowest BCUT2D eigenvalue weighted by Gasteiger charge is -2.29. The predicted octanol–water partition coefficient (Wildman–Crippen LogP) is 4.92. The van der Waals surface area contributed by atoms with Crippen LogP contribution in [0.1, 0.15) is 5.56 Å². The van der Waals surface area contributed by atoms with E-state index in [-0.39, 0.29) is 22.1 Å². The number of hydrogen-bond acceptors (Lipinski definition) is 9. The van der Waals surface area contributed by atoms with Crippen LogP contribution in [0.4, 0.5) is 16.2 Å². The lowest BCUT2D eigenvalue weighted by molar-refractivity contribution is 0.122. The molecule has 0 saturated carbocycles. The molecule has 5 aromatic rings. The number of ether oxygens (including phenoxy) is 3. The van der Waals surface area contributed by atoms with Crippen molar-refractivity contribution >= 4 is 39.4 Å². The quantitative estimate of drug-likeness (QED) is 0.267. The lowest BCUT2D eigenvalue weighted by atomic mass is 10.1. The van der Waals surface area contributed by atoms with E-state index < -0.39 is 6.09 Å². The maximum absolute atomic E-state index is 13.5. The van der Waals surface area contributed by atoms with E-state index in [0.717, 1.165) is 17.0 Å². The third-order valence-electron chi connectivity index (χ3n) is 6.79. The molecule has 0 atom stereocenters. The van der Waals surface area contributed by atoms with Gasteiger partial charge in [0.2, 0.25) is 11.3 Å². The third kappa shape index (κ3) is 5.48. The van der Waals surface area contributed by atoms with Gasteiger partial charge in [0.25, 0.3) is 0 Å². The van der Waals surface area contributed by atoms with Crippen LogP contribution < -0.4 is 25.1 Å². The van der Waals surface area contributed by atoms with Crippen molar-refractivity contribution < 1.29 is 28.5 Å². The first-order chi connectivity index (χ1) is 20.0. The van der Waals surface area contributed by atoms with Gasteiger partial charge in [-0.3, -0.25) is 15.1 Å². The number of aromatic nitrogens is 2. The minimum absolute atomic E-state index is 0.249. The van der Waals surface area contributed by atoms with Gasteiger partial charge in [0.15, 0.2) is 5.58 Å². The van der Waals surface area contributed by atoms with E-state index in [2.05, 4.69) is 15.2 Å². The smallest absolute Gasteiger partial charge is 0.409 e. The molecule has 1 fully saturated rings. The Morgan fingerprint density at radius 3 is 2.61 bits per heavy atom. The van der Waals surface area contributed by atoms with Crippen LogP contribution in [0, 0.1) is 0 Å². The van der Waals surface area contributed by atoms with Crippen molar-refractivity contribution in [1.29, 1.82) is 0 Å². The molecule has 1 aliphatic rings. The number of anilines is 2. The number of nitrogens with one attached hydrogen (secondary N) is 1. The topological polar surface area (TPSA) is 136 Å². The highest BCUT2D eigenvalue weighted by molar-refractivity contribution is 5.97. The van der Waals surface area contributed by atoms with Gasteiger partial charge >= 0.3 is 6.09 Å². The second-order valence-electron chi connectivity index (χ2n) is 9.39. The molecule has 0 bridgehead atoms. The molecule has 1 aliphatic heterocycles. The number of amides is 1. The van der Waals surface area contributed by atoms with Gasteiger partial charge in [-0.2, -0.15) is 0 Å². The lowest BCUT2D eigenvalue weighted by Crippen LogP contribution is -2.36. The third-order valence-corrected chi connectivity index (χ3v) is 6.79. The molecule has 208 valence electrons. The van der Waals surface area contributed by atoms with E-state index >= 15 is 0 Å². The number of methoxy groups -OCH3 is 1. The van der Waals surface area contributed by atoms with Crippen molar-refractivity contribution in [3.8, 4) is 23.0 Å². The van der Waals surface area contributed by atoms with Crippen molar-refractivity contribution in [3.63, 3.8) is 0 Å². The molecule has 1 amide bonds. The summed E-state index contributed by atoms with van der Waals surface area (Å²) in [5.74, 6) is 1.15. The molecule has 6 rings (SSSR count). The van der Waals surface area contributed by atoms with Gasteiger partial charge in [-0.15, -0.1) is 0 Å². The Kier molecular flexibility index (Phi) is 7.09. The van der Waals surface area contributed by atoms with Crippen LogP contribution in [0.15, 0.2) is 76.1 Å². The van der Waals surface area contributed by atoms with E-state index in [1.165, 1.54) is 18.3 Å². The molecular formula is C30H26N4O7. The summed E-state index contributed by atoms with van der Waals surface area (Å²) in [6.07, 6.45) is 0.304. The average molecular weight is 555 g/mol. The minimum Gasteiger partial charge on any atom is -0.497 e. The maximum atomic E-state index is 13.5. The van der Waals surface area contributed by atoms with Gasteiger partial charge in [0.1, 0.15) is 23.6 Å². The van der Waals surface area contributed by atoms with Crippen molar-refractivity contribution in [1.82, 2.24) is 9.97 Å². The number of morpholine rings is 1. The Labute approximate surface area is 233 Å². The molecule has 11 heteroatoms. The first kappa shape index (κ1) is 26.1. The number of nitrogens with zero attached hydrogens (tertiary/aromatic N) is 3. The second kappa shape index (κ2) is 11.1. The molecule has 0 spiro atoms. The van der Waals surface area contributed by atoms with E-state index in [1.807, 2.05) is 36.4 Å². The summed E-state index contributed by atoms with van der Waals surface area (Å²) in [5, 5.41) is 11.9. The highest BCUT2D eigenvalue weighted by atomic mass is 16.5. The highest BCUT2D eigenvalue weighted by Gasteiger charge is 2.19. The molecule has 41 heavy (non-hydrogen) atoms. The van der Waals surface area contributed by atoms with E-state index in [0.29, 0.717) is 61.1 Å². The Bertz CT molecular complexity index is 1800. The normalized spacial score (nSPS) is 13.3. The number of rotatable bonds is 7. The molecule has 0 unspecified atom stereocenters. The molecular weight excluding hydrogens is 528 g/mol. The number of carboxylic acid groups (broad SMARTS) is 1. The summed E-state index contributed by atoms with van der Waals surface area (Å²) in [7, 11) is 1.62. The second-order valence-corrected chi connectivity index (χ2v) is 9.39. The van der Waals surface area contributed by atoms with Crippen LogP contribution in [-0.4, -0.2) is 54.6 Å². The van der Waals surface area contributed by atoms with Crippen LogP contribution >= 0.6 is 0 Å². The zero-order chi connectivity index (χ0) is 28.3. The number of hydrogen-bond donors (Lipinski definition) is 2. The molecule has 4 heterocycles. The summed E-state index contributed by atoms with van der Waals surface area (Å²) in [6, 6.07) is 17.5. The summed E-state index contributed by atoms with van der Waals surface area (Å²) in [5.41, 5.74) is 3.24. The van der Waals surface area contributed by atoms with Gasteiger partial charge in [-0.25, -0.2) is 9.78 Å². The minimum atomic E-state index is -1.22. The van der Waals surface area contributed by atoms with E-state index in [9.17, 15) is 9.59 Å². The fourth-order valence-electron chi connectivity index (χ4n) is 4.74. The van der Waals surface area contributed by atoms with Crippen molar-refractivity contribution in [2.24, 2.45) is 0 Å². The maximum Gasteiger partial charge on any atom is 0.409 e. The SMILES string of the molecule is COc1ccc(COc2cc(N3CCOCC3)cc(-c3nccc4c(=O)c5cc(NC(=O)O)ccc5oc34)n2)cc1. The van der Waals surface area contributed by atoms with Crippen molar-refractivity contribution in [2.75, 3.05) is 43.6 Å². The first-order valence-corrected chi connectivity index (χ1v) is 12.9. The zero-order valence-electron chi connectivity index (χ0n) is 22.1.